The highest BCUT2D eigenvalue weighted by Crippen LogP contribution is 2.34. The summed E-state index contributed by atoms with van der Waals surface area (Å²) in [6, 6.07) is 16.5. The molecule has 2 N–H and O–H groups in total. The normalized spacial score (nSPS) is 10.7. The number of hydrogen-bond donors (Lipinski definition) is 1. The largest absolute Gasteiger partial charge is 0.465 e. The summed E-state index contributed by atoms with van der Waals surface area (Å²) in [5.74, 6) is -2.11. The molecule has 0 saturated heterocycles. The molecule has 10 heteroatoms. The lowest BCUT2D eigenvalue weighted by atomic mass is 10.0. The number of anilines is 1. The minimum Gasteiger partial charge on any atom is -0.465 e. The lowest BCUT2D eigenvalue weighted by Crippen LogP contribution is -2.13. The summed E-state index contributed by atoms with van der Waals surface area (Å²) in [7, 11) is 2.40. The summed E-state index contributed by atoms with van der Waals surface area (Å²) >= 11 is 4.29. The maximum absolute atomic E-state index is 13.3. The number of nitrogens with zero attached hydrogens (tertiary/aromatic N) is 1. The van der Waals surface area contributed by atoms with Crippen LogP contribution in [-0.4, -0.2) is 37.1 Å². The molecule has 0 saturated carbocycles. The molecule has 35 heavy (non-hydrogen) atoms. The van der Waals surface area contributed by atoms with E-state index in [2.05, 4.69) is 20.9 Å². The van der Waals surface area contributed by atoms with Crippen LogP contribution in [0.2, 0.25) is 0 Å². The molecule has 0 unspecified atom stereocenters. The van der Waals surface area contributed by atoms with Gasteiger partial charge in [-0.1, -0.05) is 46.3 Å². The quantitative estimate of drug-likeness (QED) is 0.254. The highest BCUT2D eigenvalue weighted by molar-refractivity contribution is 9.10. The van der Waals surface area contributed by atoms with Gasteiger partial charge in [0.2, 0.25) is 0 Å². The van der Waals surface area contributed by atoms with Crippen molar-refractivity contribution in [1.82, 2.24) is 4.98 Å². The molecule has 0 spiro atoms. The number of thiophene rings is 1. The van der Waals surface area contributed by atoms with E-state index >= 15 is 0 Å². The van der Waals surface area contributed by atoms with E-state index in [0.29, 0.717) is 16.6 Å². The predicted molar refractivity (Wildman–Crippen MR) is 135 cm³/mol. The smallest absolute Gasteiger partial charge is 0.348 e. The molecule has 0 aliphatic carbocycles. The first-order valence-corrected chi connectivity index (χ1v) is 11.9. The zero-order valence-corrected chi connectivity index (χ0v) is 21.1. The van der Waals surface area contributed by atoms with Crippen molar-refractivity contribution in [2.75, 3.05) is 20.0 Å². The summed E-state index contributed by atoms with van der Waals surface area (Å²) in [6.07, 6.45) is 0. The maximum Gasteiger partial charge on any atom is 0.348 e. The summed E-state index contributed by atoms with van der Waals surface area (Å²) < 4.78 is 15.9. The van der Waals surface area contributed by atoms with Gasteiger partial charge in [0.05, 0.1) is 31.0 Å². The van der Waals surface area contributed by atoms with Gasteiger partial charge in [0.25, 0.3) is 0 Å². The summed E-state index contributed by atoms with van der Waals surface area (Å²) in [4.78, 5) is 42.6. The van der Waals surface area contributed by atoms with Crippen LogP contribution in [-0.2, 0) is 20.8 Å². The van der Waals surface area contributed by atoms with E-state index in [-0.39, 0.29) is 33.2 Å². The van der Waals surface area contributed by atoms with Crippen LogP contribution in [0.25, 0.3) is 22.2 Å². The third-order valence-corrected chi connectivity index (χ3v) is 6.74. The zero-order chi connectivity index (χ0) is 25.1. The van der Waals surface area contributed by atoms with E-state index in [1.807, 2.05) is 36.4 Å². The molecule has 2 heterocycles. The number of halogens is 1. The second-order valence-corrected chi connectivity index (χ2v) is 9.26. The number of benzene rings is 2. The predicted octanol–water partition coefficient (Wildman–Crippen LogP) is 5.24. The zero-order valence-electron chi connectivity index (χ0n) is 18.7. The van der Waals surface area contributed by atoms with E-state index in [9.17, 15) is 14.4 Å². The number of carbonyl (C=O) groups excluding carboxylic acids is 3. The Morgan fingerprint density at radius 2 is 1.69 bits per heavy atom. The summed E-state index contributed by atoms with van der Waals surface area (Å²) in [5, 5.41) is 0.642. The van der Waals surface area contributed by atoms with Gasteiger partial charge in [0.15, 0.2) is 0 Å². The van der Waals surface area contributed by atoms with Crippen molar-refractivity contribution in [1.29, 1.82) is 0 Å². The third kappa shape index (κ3) is 4.89. The van der Waals surface area contributed by atoms with Crippen LogP contribution in [0.5, 0.6) is 0 Å². The molecule has 0 fully saturated rings. The first-order chi connectivity index (χ1) is 16.8. The molecule has 178 valence electrons. The number of rotatable bonds is 6. The van der Waals surface area contributed by atoms with E-state index in [1.165, 1.54) is 14.2 Å². The number of ether oxygens (including phenoxy) is 3. The van der Waals surface area contributed by atoms with Gasteiger partial charge in [-0.25, -0.2) is 19.4 Å². The van der Waals surface area contributed by atoms with Gasteiger partial charge in [0, 0.05) is 21.0 Å². The molecular formula is C25H19BrN2O6S. The average molecular weight is 555 g/mol. The number of methoxy groups -OCH3 is 2. The number of esters is 3. The molecule has 2 aromatic carbocycles. The minimum absolute atomic E-state index is 0.0296. The Labute approximate surface area is 212 Å². The van der Waals surface area contributed by atoms with Crippen LogP contribution in [0, 0.1) is 0 Å². The Morgan fingerprint density at radius 3 is 2.37 bits per heavy atom. The van der Waals surface area contributed by atoms with Gasteiger partial charge in [-0.3, -0.25) is 0 Å². The fraction of sp³-hybridized carbons (Fsp3) is 0.120. The van der Waals surface area contributed by atoms with E-state index in [4.69, 9.17) is 19.9 Å². The molecule has 0 aliphatic rings. The Kier molecular flexibility index (Phi) is 7.13. The van der Waals surface area contributed by atoms with Gasteiger partial charge in [-0.05, 0) is 24.3 Å². The molecule has 0 radical (unpaired) electrons. The Balaban J connectivity index is 1.75. The third-order valence-electron chi connectivity index (χ3n) is 5.20. The van der Waals surface area contributed by atoms with Crippen molar-refractivity contribution < 1.29 is 28.6 Å². The lowest BCUT2D eigenvalue weighted by Gasteiger charge is -2.12. The lowest BCUT2D eigenvalue weighted by molar-refractivity contribution is 0.0454. The van der Waals surface area contributed by atoms with Crippen LogP contribution in [0.4, 0.5) is 5.00 Å². The highest BCUT2D eigenvalue weighted by Gasteiger charge is 2.28. The fourth-order valence-corrected chi connectivity index (χ4v) is 4.89. The minimum atomic E-state index is -0.746. The SMILES string of the molecule is COC(=O)c1sc(N)c(C(=O)OC)c1COC(=O)c1cc(-c2ccccc2)nc2ccc(Br)cc12. The van der Waals surface area contributed by atoms with Crippen LogP contribution in [0.15, 0.2) is 59.1 Å². The highest BCUT2D eigenvalue weighted by atomic mass is 79.9. The Hall–Kier alpha value is -3.76. The molecule has 4 aromatic rings. The molecule has 0 aliphatic heterocycles. The van der Waals surface area contributed by atoms with Gasteiger partial charge in [-0.15, -0.1) is 11.3 Å². The number of hydrogen-bond acceptors (Lipinski definition) is 9. The second kappa shape index (κ2) is 10.2. The second-order valence-electron chi connectivity index (χ2n) is 7.29. The monoisotopic (exact) mass is 554 g/mol. The molecule has 0 bridgehead atoms. The molecule has 0 amide bonds. The maximum atomic E-state index is 13.3. The van der Waals surface area contributed by atoms with Gasteiger partial charge >= 0.3 is 17.9 Å². The van der Waals surface area contributed by atoms with E-state index in [1.54, 1.807) is 18.2 Å². The molecular weight excluding hydrogens is 536 g/mol. The summed E-state index contributed by atoms with van der Waals surface area (Å²) in [6.45, 7) is -0.389. The summed E-state index contributed by atoms with van der Waals surface area (Å²) in [5.41, 5.74) is 8.36. The first kappa shape index (κ1) is 24.4. The standard InChI is InChI=1S/C25H19BrN2O6S/c1-32-24(30)20-17(21(25(31)33-2)35-22(20)27)12-34-23(29)16-11-19(13-6-4-3-5-7-13)28-18-9-8-14(26)10-15(16)18/h3-11H,12,27H2,1-2H3. The molecule has 2 aromatic heterocycles. The average Bonchev–Trinajstić information content (AvgIpc) is 3.22. The van der Waals surface area contributed by atoms with Crippen molar-refractivity contribution in [2.45, 2.75) is 6.61 Å². The number of pyridine rings is 1. The van der Waals surface area contributed by atoms with Crippen LogP contribution in [0.3, 0.4) is 0 Å². The van der Waals surface area contributed by atoms with Gasteiger partial charge in [-0.2, -0.15) is 0 Å². The van der Waals surface area contributed by atoms with Crippen LogP contribution < -0.4 is 5.73 Å². The fourth-order valence-electron chi connectivity index (χ4n) is 3.55. The number of carbonyl (C=O) groups is 3. The number of fused-ring (bicyclic) bond motifs is 1. The first-order valence-electron chi connectivity index (χ1n) is 10.2. The van der Waals surface area contributed by atoms with Crippen molar-refractivity contribution in [3.8, 4) is 11.3 Å². The van der Waals surface area contributed by atoms with Gasteiger partial charge < -0.3 is 19.9 Å². The van der Waals surface area contributed by atoms with Gasteiger partial charge in [0.1, 0.15) is 22.0 Å². The number of nitrogens with two attached hydrogens (primary N) is 1. The molecule has 8 nitrogen and oxygen atoms in total. The van der Waals surface area contributed by atoms with Crippen molar-refractivity contribution in [2.24, 2.45) is 0 Å². The van der Waals surface area contributed by atoms with Crippen molar-refractivity contribution in [3.63, 3.8) is 0 Å². The Morgan fingerprint density at radius 1 is 0.971 bits per heavy atom. The van der Waals surface area contributed by atoms with Crippen LogP contribution in [0.1, 0.15) is 36.0 Å². The van der Waals surface area contributed by atoms with E-state index in [0.717, 1.165) is 21.4 Å². The Bertz CT molecular complexity index is 1450. The topological polar surface area (TPSA) is 118 Å². The number of nitrogen functional groups attached to an aromatic ring is 1. The van der Waals surface area contributed by atoms with Crippen molar-refractivity contribution in [3.05, 3.63) is 80.6 Å². The van der Waals surface area contributed by atoms with Crippen LogP contribution >= 0.6 is 27.3 Å². The van der Waals surface area contributed by atoms with E-state index < -0.39 is 17.9 Å². The number of aromatic nitrogens is 1. The molecule has 4 rings (SSSR count). The molecule has 0 atom stereocenters. The van der Waals surface area contributed by atoms with Crippen molar-refractivity contribution >= 4 is 61.1 Å².